The lowest BCUT2D eigenvalue weighted by molar-refractivity contribution is -0.116. The number of cyclic esters (lactones) is 1. The molecule has 0 aromatic carbocycles. The molecule has 2 rings (SSSR count). The average Bonchev–Trinajstić information content (AvgIpc) is 2.68. The zero-order valence-corrected chi connectivity index (χ0v) is 10.00. The van der Waals surface area contributed by atoms with Crippen LogP contribution in [0.5, 0.6) is 0 Å². The quantitative estimate of drug-likeness (QED) is 0.848. The predicted octanol–water partition coefficient (Wildman–Crippen LogP) is 0.646. The minimum Gasteiger partial charge on any atom is -0.444 e. The molecule has 0 bridgehead atoms. The zero-order valence-electron chi connectivity index (χ0n) is 10.00. The summed E-state index contributed by atoms with van der Waals surface area (Å²) >= 11 is 0. The summed E-state index contributed by atoms with van der Waals surface area (Å²) in [6.07, 6.45) is 3.31. The molecule has 1 atom stereocenters. The van der Waals surface area contributed by atoms with Crippen molar-refractivity contribution in [1.82, 2.24) is 14.9 Å². The monoisotopic (exact) mass is 250 g/mol. The molecule has 96 valence electrons. The lowest BCUT2D eigenvalue weighted by atomic mass is 10.2. The zero-order chi connectivity index (χ0) is 13.0. The van der Waals surface area contributed by atoms with Crippen LogP contribution in [0.3, 0.4) is 0 Å². The summed E-state index contributed by atoms with van der Waals surface area (Å²) in [6, 6.07) is 1.67. The van der Waals surface area contributed by atoms with Crippen molar-refractivity contribution in [3.05, 3.63) is 18.5 Å². The number of nitrogens with one attached hydrogen (secondary N) is 1. The molecule has 1 unspecified atom stereocenters. The van der Waals surface area contributed by atoms with E-state index in [1.165, 1.54) is 4.90 Å². The van der Waals surface area contributed by atoms with E-state index in [1.54, 1.807) is 25.5 Å². The predicted molar refractivity (Wildman–Crippen MR) is 62.8 cm³/mol. The summed E-state index contributed by atoms with van der Waals surface area (Å²) in [5.41, 5.74) is 0. The number of ether oxygens (including phenoxy) is 1. The average molecular weight is 250 g/mol. The first-order valence-electron chi connectivity index (χ1n) is 5.64. The molecule has 2 heterocycles. The Hall–Kier alpha value is -2.18. The fourth-order valence-electron chi connectivity index (χ4n) is 1.64. The standard InChI is InChI=1S/C11H14N4O3/c1-15-7-8(18-11(15)17)3-4-9(16)14-10-12-5-2-6-13-10/h2,5-6,8H,3-4,7H2,1H3,(H,12,13,14,16). The Morgan fingerprint density at radius 2 is 2.28 bits per heavy atom. The van der Waals surface area contributed by atoms with Gasteiger partial charge in [0.2, 0.25) is 11.9 Å². The molecular formula is C11H14N4O3. The summed E-state index contributed by atoms with van der Waals surface area (Å²) < 4.78 is 5.05. The van der Waals surface area contributed by atoms with E-state index in [0.717, 1.165) is 0 Å². The Morgan fingerprint density at radius 1 is 1.56 bits per heavy atom. The maximum Gasteiger partial charge on any atom is 0.409 e. The molecule has 1 N–H and O–H groups in total. The van der Waals surface area contributed by atoms with E-state index in [1.807, 2.05) is 0 Å². The Balaban J connectivity index is 1.74. The van der Waals surface area contributed by atoms with Crippen LogP contribution in [0.25, 0.3) is 0 Å². The van der Waals surface area contributed by atoms with E-state index in [9.17, 15) is 9.59 Å². The van der Waals surface area contributed by atoms with E-state index in [2.05, 4.69) is 15.3 Å². The van der Waals surface area contributed by atoms with Gasteiger partial charge in [0, 0.05) is 25.9 Å². The highest BCUT2D eigenvalue weighted by Gasteiger charge is 2.28. The first-order chi connectivity index (χ1) is 8.65. The fourth-order valence-corrected chi connectivity index (χ4v) is 1.64. The first-order valence-corrected chi connectivity index (χ1v) is 5.64. The number of aromatic nitrogens is 2. The number of likely N-dealkylation sites (N-methyl/N-ethyl adjacent to an activating group) is 1. The molecule has 1 aromatic rings. The van der Waals surface area contributed by atoms with Crippen molar-refractivity contribution in [2.24, 2.45) is 0 Å². The van der Waals surface area contributed by atoms with Crippen LogP contribution in [0.15, 0.2) is 18.5 Å². The van der Waals surface area contributed by atoms with Crippen LogP contribution in [0.4, 0.5) is 10.7 Å². The van der Waals surface area contributed by atoms with Gasteiger partial charge in [-0.2, -0.15) is 0 Å². The number of hydrogen-bond acceptors (Lipinski definition) is 5. The molecule has 1 fully saturated rings. The van der Waals surface area contributed by atoms with Crippen LogP contribution >= 0.6 is 0 Å². The van der Waals surface area contributed by atoms with Gasteiger partial charge in [0.25, 0.3) is 0 Å². The summed E-state index contributed by atoms with van der Waals surface area (Å²) in [6.45, 7) is 0.522. The molecule has 1 aliphatic heterocycles. The van der Waals surface area contributed by atoms with Gasteiger partial charge in [0.05, 0.1) is 6.54 Å². The van der Waals surface area contributed by atoms with Gasteiger partial charge in [0.1, 0.15) is 6.10 Å². The number of hydrogen-bond donors (Lipinski definition) is 1. The third-order valence-corrected chi connectivity index (χ3v) is 2.57. The lowest BCUT2D eigenvalue weighted by Crippen LogP contribution is -2.21. The third-order valence-electron chi connectivity index (χ3n) is 2.57. The molecule has 7 heteroatoms. The number of rotatable bonds is 4. The minimum absolute atomic E-state index is 0.188. The van der Waals surface area contributed by atoms with Crippen LogP contribution in [-0.2, 0) is 9.53 Å². The number of carbonyl (C=O) groups excluding carboxylic acids is 2. The molecule has 0 saturated carbocycles. The van der Waals surface area contributed by atoms with Gasteiger partial charge in [-0.05, 0) is 12.5 Å². The molecule has 7 nitrogen and oxygen atoms in total. The van der Waals surface area contributed by atoms with Crippen LogP contribution in [0.1, 0.15) is 12.8 Å². The molecule has 1 aliphatic rings. The third kappa shape index (κ3) is 3.16. The van der Waals surface area contributed by atoms with E-state index in [0.29, 0.717) is 13.0 Å². The van der Waals surface area contributed by atoms with E-state index >= 15 is 0 Å². The van der Waals surface area contributed by atoms with E-state index in [4.69, 9.17) is 4.74 Å². The number of nitrogens with zero attached hydrogens (tertiary/aromatic N) is 3. The Kier molecular flexibility index (Phi) is 3.71. The van der Waals surface area contributed by atoms with Gasteiger partial charge in [0.15, 0.2) is 0 Å². The lowest BCUT2D eigenvalue weighted by Gasteiger charge is -2.07. The molecule has 1 saturated heterocycles. The van der Waals surface area contributed by atoms with Gasteiger partial charge in [-0.15, -0.1) is 0 Å². The molecular weight excluding hydrogens is 236 g/mol. The van der Waals surface area contributed by atoms with Crippen molar-refractivity contribution in [1.29, 1.82) is 0 Å². The number of amides is 2. The Labute approximate surface area is 104 Å². The van der Waals surface area contributed by atoms with Gasteiger partial charge in [-0.25, -0.2) is 14.8 Å². The Morgan fingerprint density at radius 3 is 2.89 bits per heavy atom. The van der Waals surface area contributed by atoms with Crippen LogP contribution in [0.2, 0.25) is 0 Å². The minimum atomic E-state index is -0.341. The molecule has 0 spiro atoms. The van der Waals surface area contributed by atoms with Crippen LogP contribution in [-0.4, -0.2) is 46.6 Å². The number of carbonyl (C=O) groups is 2. The van der Waals surface area contributed by atoms with E-state index in [-0.39, 0.29) is 30.5 Å². The molecule has 2 amide bonds. The fraction of sp³-hybridized carbons (Fsp3) is 0.455. The highest BCUT2D eigenvalue weighted by molar-refractivity contribution is 5.88. The van der Waals surface area contributed by atoms with Gasteiger partial charge >= 0.3 is 6.09 Å². The molecule has 1 aromatic heterocycles. The molecule has 0 aliphatic carbocycles. The summed E-state index contributed by atoms with van der Waals surface area (Å²) in [7, 11) is 1.67. The van der Waals surface area contributed by atoms with Crippen molar-refractivity contribution in [2.45, 2.75) is 18.9 Å². The van der Waals surface area contributed by atoms with Crippen molar-refractivity contribution in [3.63, 3.8) is 0 Å². The highest BCUT2D eigenvalue weighted by Crippen LogP contribution is 2.13. The Bertz CT molecular complexity index is 437. The van der Waals surface area contributed by atoms with Crippen molar-refractivity contribution in [2.75, 3.05) is 18.9 Å². The first kappa shape index (κ1) is 12.3. The number of anilines is 1. The van der Waals surface area contributed by atoms with Crippen LogP contribution < -0.4 is 5.32 Å². The maximum absolute atomic E-state index is 11.6. The van der Waals surface area contributed by atoms with E-state index < -0.39 is 0 Å². The van der Waals surface area contributed by atoms with Gasteiger partial charge < -0.3 is 9.64 Å². The van der Waals surface area contributed by atoms with Crippen molar-refractivity contribution in [3.8, 4) is 0 Å². The van der Waals surface area contributed by atoms with Gasteiger partial charge in [-0.1, -0.05) is 0 Å². The highest BCUT2D eigenvalue weighted by atomic mass is 16.6. The maximum atomic E-state index is 11.6. The van der Waals surface area contributed by atoms with Gasteiger partial charge in [-0.3, -0.25) is 10.1 Å². The normalized spacial score (nSPS) is 18.6. The summed E-state index contributed by atoms with van der Waals surface area (Å²) in [4.78, 5) is 32.0. The second-order valence-electron chi connectivity index (χ2n) is 4.05. The van der Waals surface area contributed by atoms with Crippen molar-refractivity contribution >= 4 is 17.9 Å². The smallest absolute Gasteiger partial charge is 0.409 e. The summed E-state index contributed by atoms with van der Waals surface area (Å²) in [5.74, 6) is 0.0924. The van der Waals surface area contributed by atoms with Crippen molar-refractivity contribution < 1.29 is 14.3 Å². The molecule has 0 radical (unpaired) electrons. The van der Waals surface area contributed by atoms with Crippen LogP contribution in [0, 0.1) is 0 Å². The second-order valence-corrected chi connectivity index (χ2v) is 4.05. The molecule has 18 heavy (non-hydrogen) atoms. The SMILES string of the molecule is CN1CC(CCC(=O)Nc2ncccn2)OC1=O. The topological polar surface area (TPSA) is 84.4 Å². The second kappa shape index (κ2) is 5.44. The summed E-state index contributed by atoms with van der Waals surface area (Å²) in [5, 5.41) is 2.57. The largest absolute Gasteiger partial charge is 0.444 e.